The molecule has 2 heterocycles. The highest BCUT2D eigenvalue weighted by Crippen LogP contribution is 2.21. The van der Waals surface area contributed by atoms with Crippen molar-refractivity contribution in [3.05, 3.63) is 0 Å². The Balaban J connectivity index is 1.88. The highest BCUT2D eigenvalue weighted by molar-refractivity contribution is 7.99. The van der Waals surface area contributed by atoms with E-state index in [1.807, 2.05) is 11.8 Å². The van der Waals surface area contributed by atoms with E-state index in [0.717, 1.165) is 37.9 Å². The molecule has 2 rings (SSSR count). The van der Waals surface area contributed by atoms with E-state index in [-0.39, 0.29) is 24.5 Å². The number of nitrogens with zero attached hydrogens (tertiary/aromatic N) is 1. The molecule has 0 saturated carbocycles. The van der Waals surface area contributed by atoms with Crippen molar-refractivity contribution < 1.29 is 14.7 Å². The second kappa shape index (κ2) is 7.03. The third-order valence-electron chi connectivity index (χ3n) is 3.79. The van der Waals surface area contributed by atoms with Crippen LogP contribution >= 0.6 is 11.8 Å². The lowest BCUT2D eigenvalue weighted by Crippen LogP contribution is -2.52. The minimum absolute atomic E-state index is 0.0623. The zero-order valence-electron chi connectivity index (χ0n) is 11.1. The lowest BCUT2D eigenvalue weighted by Gasteiger charge is -2.36. The van der Waals surface area contributed by atoms with Crippen LogP contribution in [0.15, 0.2) is 0 Å². The van der Waals surface area contributed by atoms with Gasteiger partial charge >= 0.3 is 12.0 Å². The lowest BCUT2D eigenvalue weighted by atomic mass is 10.00. The fraction of sp³-hybridized carbons (Fsp3) is 0.846. The van der Waals surface area contributed by atoms with Crippen LogP contribution in [0.25, 0.3) is 0 Å². The largest absolute Gasteiger partial charge is 0.481 e. The second-order valence-electron chi connectivity index (χ2n) is 5.30. The molecule has 108 valence electrons. The van der Waals surface area contributed by atoms with Crippen LogP contribution in [0.3, 0.4) is 0 Å². The number of carboxylic acid groups (broad SMARTS) is 1. The van der Waals surface area contributed by atoms with E-state index >= 15 is 0 Å². The molecule has 0 aromatic rings. The molecule has 0 aliphatic carbocycles. The molecular formula is C13H22N2O3S. The molecule has 6 heteroatoms. The first-order chi connectivity index (χ1) is 9.16. The number of amides is 2. The van der Waals surface area contributed by atoms with Crippen LogP contribution in [0, 0.1) is 0 Å². The number of aliphatic carboxylic acids is 1. The quantitative estimate of drug-likeness (QED) is 0.831. The fourth-order valence-corrected chi connectivity index (χ4v) is 3.87. The summed E-state index contributed by atoms with van der Waals surface area (Å²) in [5, 5.41) is 12.0. The first kappa shape index (κ1) is 14.5. The minimum atomic E-state index is -0.821. The van der Waals surface area contributed by atoms with E-state index in [2.05, 4.69) is 5.32 Å². The number of carbonyl (C=O) groups excluding carboxylic acids is 1. The Hall–Kier alpha value is -0.910. The Morgan fingerprint density at radius 1 is 1.26 bits per heavy atom. The summed E-state index contributed by atoms with van der Waals surface area (Å²) in [6.45, 7) is 0.684. The highest BCUT2D eigenvalue weighted by Gasteiger charge is 2.29. The van der Waals surface area contributed by atoms with Gasteiger partial charge in [0, 0.05) is 24.4 Å². The van der Waals surface area contributed by atoms with E-state index in [4.69, 9.17) is 5.11 Å². The smallest absolute Gasteiger partial charge is 0.317 e. The summed E-state index contributed by atoms with van der Waals surface area (Å²) >= 11 is 1.88. The van der Waals surface area contributed by atoms with Crippen molar-refractivity contribution in [1.29, 1.82) is 0 Å². The molecule has 5 nitrogen and oxygen atoms in total. The third kappa shape index (κ3) is 4.30. The van der Waals surface area contributed by atoms with Crippen LogP contribution in [0.5, 0.6) is 0 Å². The van der Waals surface area contributed by atoms with Gasteiger partial charge in [0.2, 0.25) is 0 Å². The molecule has 0 bridgehead atoms. The van der Waals surface area contributed by atoms with Gasteiger partial charge in [-0.15, -0.1) is 0 Å². The van der Waals surface area contributed by atoms with Gasteiger partial charge in [-0.25, -0.2) is 4.79 Å². The van der Waals surface area contributed by atoms with Gasteiger partial charge in [-0.2, -0.15) is 11.8 Å². The predicted molar refractivity (Wildman–Crippen MR) is 75.5 cm³/mol. The van der Waals surface area contributed by atoms with Crippen LogP contribution in [-0.2, 0) is 4.79 Å². The van der Waals surface area contributed by atoms with E-state index in [0.29, 0.717) is 6.54 Å². The maximum absolute atomic E-state index is 12.3. The average molecular weight is 286 g/mol. The minimum Gasteiger partial charge on any atom is -0.481 e. The second-order valence-corrected chi connectivity index (χ2v) is 6.45. The summed E-state index contributed by atoms with van der Waals surface area (Å²) in [6, 6.07) is 0.0413. The van der Waals surface area contributed by atoms with Crippen LogP contribution in [0.2, 0.25) is 0 Å². The van der Waals surface area contributed by atoms with Gasteiger partial charge in [0.05, 0.1) is 6.42 Å². The lowest BCUT2D eigenvalue weighted by molar-refractivity contribution is -0.138. The molecule has 2 N–H and O–H groups in total. The summed E-state index contributed by atoms with van der Waals surface area (Å²) < 4.78 is 0. The average Bonchev–Trinajstić information content (AvgIpc) is 2.39. The first-order valence-electron chi connectivity index (χ1n) is 7.03. The maximum Gasteiger partial charge on any atom is 0.317 e. The molecule has 2 saturated heterocycles. The van der Waals surface area contributed by atoms with Crippen molar-refractivity contribution in [1.82, 2.24) is 10.2 Å². The Kier molecular flexibility index (Phi) is 5.36. The zero-order valence-corrected chi connectivity index (χ0v) is 12.0. The van der Waals surface area contributed by atoms with Crippen molar-refractivity contribution in [2.24, 2.45) is 0 Å². The van der Waals surface area contributed by atoms with Gasteiger partial charge in [-0.3, -0.25) is 4.79 Å². The molecule has 2 atom stereocenters. The number of likely N-dealkylation sites (tertiary alicyclic amines) is 1. The van der Waals surface area contributed by atoms with Crippen molar-refractivity contribution in [3.8, 4) is 0 Å². The number of urea groups is 1. The van der Waals surface area contributed by atoms with Gasteiger partial charge in [-0.05, 0) is 37.9 Å². The summed E-state index contributed by atoms with van der Waals surface area (Å²) in [5.41, 5.74) is 0. The zero-order chi connectivity index (χ0) is 13.7. The predicted octanol–water partition coefficient (Wildman–Crippen LogP) is 1.92. The Bertz CT molecular complexity index is 332. The van der Waals surface area contributed by atoms with Crippen molar-refractivity contribution in [2.45, 2.75) is 50.6 Å². The third-order valence-corrected chi connectivity index (χ3v) is 5.00. The van der Waals surface area contributed by atoms with Gasteiger partial charge in [0.25, 0.3) is 0 Å². The SMILES string of the molecule is O=C(O)CC1CCCCN1C(=O)NC1CCCSC1. The van der Waals surface area contributed by atoms with Gasteiger partial charge < -0.3 is 15.3 Å². The molecule has 2 aliphatic rings. The van der Waals surface area contributed by atoms with E-state index in [9.17, 15) is 9.59 Å². The molecule has 0 spiro atoms. The molecule has 0 radical (unpaired) electrons. The molecular weight excluding hydrogens is 264 g/mol. The Labute approximate surface area is 118 Å². The fourth-order valence-electron chi connectivity index (χ4n) is 2.79. The maximum atomic E-state index is 12.3. The Morgan fingerprint density at radius 2 is 2.11 bits per heavy atom. The van der Waals surface area contributed by atoms with Crippen molar-refractivity contribution in [3.63, 3.8) is 0 Å². The number of thioether (sulfide) groups is 1. The monoisotopic (exact) mass is 286 g/mol. The van der Waals surface area contributed by atoms with Gasteiger partial charge in [-0.1, -0.05) is 0 Å². The topological polar surface area (TPSA) is 69.6 Å². The molecule has 2 unspecified atom stereocenters. The standard InChI is InChI=1S/C13H22N2O3S/c16-12(17)8-11-5-1-2-6-15(11)13(18)14-10-4-3-7-19-9-10/h10-11H,1-9H2,(H,14,18)(H,16,17). The highest BCUT2D eigenvalue weighted by atomic mass is 32.2. The van der Waals surface area contributed by atoms with Crippen LogP contribution < -0.4 is 5.32 Å². The number of hydrogen-bond donors (Lipinski definition) is 2. The molecule has 19 heavy (non-hydrogen) atoms. The van der Waals surface area contributed by atoms with Crippen LogP contribution in [0.4, 0.5) is 4.79 Å². The van der Waals surface area contributed by atoms with E-state index in [1.54, 1.807) is 4.90 Å². The molecule has 2 amide bonds. The van der Waals surface area contributed by atoms with Crippen molar-refractivity contribution >= 4 is 23.8 Å². The van der Waals surface area contributed by atoms with Crippen molar-refractivity contribution in [2.75, 3.05) is 18.1 Å². The molecule has 2 aliphatic heterocycles. The molecule has 0 aromatic carbocycles. The van der Waals surface area contributed by atoms with Crippen LogP contribution in [0.1, 0.15) is 38.5 Å². The molecule has 2 fully saturated rings. The summed E-state index contributed by atoms with van der Waals surface area (Å²) in [4.78, 5) is 24.9. The number of rotatable bonds is 3. The summed E-state index contributed by atoms with van der Waals surface area (Å²) in [6.07, 6.45) is 5.04. The summed E-state index contributed by atoms with van der Waals surface area (Å²) in [5.74, 6) is 1.33. The molecule has 0 aromatic heterocycles. The Morgan fingerprint density at radius 3 is 2.79 bits per heavy atom. The van der Waals surface area contributed by atoms with E-state index in [1.165, 1.54) is 5.75 Å². The number of hydrogen-bond acceptors (Lipinski definition) is 3. The normalized spacial score (nSPS) is 27.9. The first-order valence-corrected chi connectivity index (χ1v) is 8.19. The number of piperidine rings is 1. The van der Waals surface area contributed by atoms with E-state index < -0.39 is 5.97 Å². The van der Waals surface area contributed by atoms with Gasteiger partial charge in [0.1, 0.15) is 0 Å². The number of carbonyl (C=O) groups is 2. The van der Waals surface area contributed by atoms with Gasteiger partial charge in [0.15, 0.2) is 0 Å². The number of carboxylic acids is 1. The number of nitrogens with one attached hydrogen (secondary N) is 1. The van der Waals surface area contributed by atoms with Crippen LogP contribution in [-0.4, -0.2) is 52.1 Å². The summed E-state index contributed by atoms with van der Waals surface area (Å²) in [7, 11) is 0.